The number of carbonyl (C=O) groups is 1. The van der Waals surface area contributed by atoms with Crippen molar-refractivity contribution in [3.63, 3.8) is 0 Å². The molecule has 0 saturated heterocycles. The van der Waals surface area contributed by atoms with E-state index in [1.807, 2.05) is 0 Å². The van der Waals surface area contributed by atoms with Crippen LogP contribution in [0.15, 0.2) is 24.3 Å². The lowest BCUT2D eigenvalue weighted by molar-refractivity contribution is -0.384. The molecule has 104 valence electrons. The van der Waals surface area contributed by atoms with Crippen LogP contribution in [0.4, 0.5) is 5.69 Å². The number of non-ortho nitro benzene ring substituents is 1. The molecule has 1 rings (SSSR count). The summed E-state index contributed by atoms with van der Waals surface area (Å²) in [5.41, 5.74) is 0.888. The maximum atomic E-state index is 10.8. The van der Waals surface area contributed by atoms with Crippen molar-refractivity contribution in [3.8, 4) is 0 Å². The number of carboxylic acids is 1. The number of nitrogens with zero attached hydrogens (tertiary/aromatic N) is 1. The number of rotatable bonds is 7. The first kappa shape index (κ1) is 15.4. The summed E-state index contributed by atoms with van der Waals surface area (Å²) in [6, 6.07) is 5.92. The van der Waals surface area contributed by atoms with Gasteiger partial charge in [0, 0.05) is 18.2 Å². The van der Waals surface area contributed by atoms with E-state index in [1.54, 1.807) is 19.1 Å². The van der Waals surface area contributed by atoms with Gasteiger partial charge >= 0.3 is 5.97 Å². The fourth-order valence-corrected chi connectivity index (χ4v) is 1.90. The predicted molar refractivity (Wildman–Crippen MR) is 71.0 cm³/mol. The van der Waals surface area contributed by atoms with Crippen molar-refractivity contribution >= 4 is 23.4 Å². The molecule has 0 radical (unpaired) electrons. The minimum absolute atomic E-state index is 0.0260. The molecule has 0 amide bonds. The van der Waals surface area contributed by atoms with E-state index in [2.05, 4.69) is 4.84 Å². The highest BCUT2D eigenvalue weighted by Gasteiger charge is 2.18. The molecule has 6 nitrogen and oxygen atoms in total. The minimum atomic E-state index is -0.874. The first-order valence-electron chi connectivity index (χ1n) is 5.76. The molecule has 0 aliphatic carbocycles. The fourth-order valence-electron chi connectivity index (χ4n) is 1.73. The third kappa shape index (κ3) is 4.84. The first-order chi connectivity index (χ1) is 8.93. The van der Waals surface area contributed by atoms with Crippen LogP contribution in [0.1, 0.15) is 18.9 Å². The molecule has 0 bridgehead atoms. The Balaban J connectivity index is 2.65. The summed E-state index contributed by atoms with van der Waals surface area (Å²) in [5.74, 6) is -1.38. The molecule has 0 aliphatic heterocycles. The van der Waals surface area contributed by atoms with E-state index in [0.717, 1.165) is 5.56 Å². The van der Waals surface area contributed by atoms with E-state index in [9.17, 15) is 14.9 Å². The molecule has 2 N–H and O–H groups in total. The van der Waals surface area contributed by atoms with Gasteiger partial charge in [0.1, 0.15) is 0 Å². The quantitative estimate of drug-likeness (QED) is 0.456. The fraction of sp³-hybridized carbons (Fsp3) is 0.417. The monoisotopic (exact) mass is 286 g/mol. The van der Waals surface area contributed by atoms with Gasteiger partial charge in [0.25, 0.3) is 5.69 Å². The summed E-state index contributed by atoms with van der Waals surface area (Å²) < 4.78 is 0. The maximum absolute atomic E-state index is 10.8. The van der Waals surface area contributed by atoms with Crippen LogP contribution < -0.4 is 4.84 Å². The van der Waals surface area contributed by atoms with Crippen molar-refractivity contribution in [1.82, 2.24) is 4.84 Å². The second-order valence-electron chi connectivity index (χ2n) is 4.41. The molecule has 2 atom stereocenters. The maximum Gasteiger partial charge on any atom is 0.306 e. The van der Waals surface area contributed by atoms with Gasteiger partial charge in [-0.3, -0.25) is 14.9 Å². The van der Waals surface area contributed by atoms with Crippen molar-refractivity contribution in [2.75, 3.05) is 0 Å². The Morgan fingerprint density at radius 3 is 2.47 bits per heavy atom. The predicted octanol–water partition coefficient (Wildman–Crippen LogP) is 2.36. The summed E-state index contributed by atoms with van der Waals surface area (Å²) in [6.07, 6.45) is 0.898. The molecule has 0 unspecified atom stereocenters. The normalized spacial score (nSPS) is 13.8. The van der Waals surface area contributed by atoms with Gasteiger partial charge in [0.2, 0.25) is 0 Å². The lowest BCUT2D eigenvalue weighted by Crippen LogP contribution is -2.28. The zero-order valence-corrected chi connectivity index (χ0v) is 11.1. The number of halogens is 1. The van der Waals surface area contributed by atoms with Gasteiger partial charge in [-0.25, -0.2) is 4.84 Å². The Hall–Kier alpha value is -1.66. The first-order valence-corrected chi connectivity index (χ1v) is 6.14. The average Bonchev–Trinajstić information content (AvgIpc) is 2.38. The third-order valence-corrected chi connectivity index (χ3v) is 3.15. The Morgan fingerprint density at radius 2 is 2.05 bits per heavy atom. The van der Waals surface area contributed by atoms with Crippen molar-refractivity contribution in [1.29, 1.82) is 0 Å². The highest BCUT2D eigenvalue weighted by atomic mass is 35.5. The standard InChI is InChI=1S/C12H15ClN2O4/c1-8(12(16)17)6-10(14-13)7-9-2-4-11(5-3-9)15(18)19/h2-5,8,10,14H,6-7H2,1H3,(H,16,17)/t8-,10+/m0/s1. The summed E-state index contributed by atoms with van der Waals surface area (Å²) in [5, 5.41) is 19.4. The van der Waals surface area contributed by atoms with Crippen LogP contribution in [0.25, 0.3) is 0 Å². The van der Waals surface area contributed by atoms with E-state index in [-0.39, 0.29) is 11.7 Å². The number of nitro groups is 1. The molecular weight excluding hydrogens is 272 g/mol. The number of hydrogen-bond donors (Lipinski definition) is 2. The largest absolute Gasteiger partial charge is 0.481 e. The lowest BCUT2D eigenvalue weighted by Gasteiger charge is -2.17. The molecule has 0 aromatic heterocycles. The van der Waals surface area contributed by atoms with Gasteiger partial charge < -0.3 is 5.11 Å². The van der Waals surface area contributed by atoms with Crippen molar-refractivity contribution in [3.05, 3.63) is 39.9 Å². The molecule has 1 aromatic rings. The van der Waals surface area contributed by atoms with Crippen LogP contribution >= 0.6 is 11.8 Å². The minimum Gasteiger partial charge on any atom is -0.481 e. The van der Waals surface area contributed by atoms with Gasteiger partial charge in [0.05, 0.1) is 10.8 Å². The van der Waals surface area contributed by atoms with Crippen LogP contribution in [-0.2, 0) is 11.2 Å². The second-order valence-corrected chi connectivity index (χ2v) is 4.63. The molecule has 0 spiro atoms. The topological polar surface area (TPSA) is 92.5 Å². The van der Waals surface area contributed by atoms with Gasteiger partial charge in [0.15, 0.2) is 0 Å². The van der Waals surface area contributed by atoms with Crippen LogP contribution in [-0.4, -0.2) is 22.0 Å². The number of carboxylic acid groups (broad SMARTS) is 1. The van der Waals surface area contributed by atoms with Crippen LogP contribution in [0.2, 0.25) is 0 Å². The molecule has 7 heteroatoms. The molecule has 1 aromatic carbocycles. The lowest BCUT2D eigenvalue weighted by atomic mass is 9.97. The van der Waals surface area contributed by atoms with Gasteiger partial charge in [-0.1, -0.05) is 19.1 Å². The van der Waals surface area contributed by atoms with Gasteiger partial charge in [-0.2, -0.15) is 0 Å². The van der Waals surface area contributed by atoms with Gasteiger partial charge in [-0.05, 0) is 30.2 Å². The van der Waals surface area contributed by atoms with E-state index in [0.29, 0.717) is 12.8 Å². The summed E-state index contributed by atoms with van der Waals surface area (Å²) in [4.78, 5) is 23.4. The number of nitro benzene ring substituents is 1. The van der Waals surface area contributed by atoms with Crippen molar-refractivity contribution in [2.45, 2.75) is 25.8 Å². The Kier molecular flexibility index (Phi) is 5.72. The Morgan fingerprint density at radius 1 is 1.47 bits per heavy atom. The zero-order chi connectivity index (χ0) is 14.4. The van der Waals surface area contributed by atoms with Crippen LogP contribution in [0.5, 0.6) is 0 Å². The highest BCUT2D eigenvalue weighted by molar-refractivity contribution is 6.13. The average molecular weight is 287 g/mol. The zero-order valence-electron chi connectivity index (χ0n) is 10.4. The Labute approximate surface area is 115 Å². The van der Waals surface area contributed by atoms with E-state index in [4.69, 9.17) is 16.9 Å². The molecule has 0 heterocycles. The molecule has 19 heavy (non-hydrogen) atoms. The summed E-state index contributed by atoms with van der Waals surface area (Å²) >= 11 is 5.60. The summed E-state index contributed by atoms with van der Waals surface area (Å²) in [7, 11) is 0. The molecule has 0 fully saturated rings. The number of benzene rings is 1. The third-order valence-electron chi connectivity index (χ3n) is 2.84. The number of aliphatic carboxylic acids is 1. The summed E-state index contributed by atoms with van der Waals surface area (Å²) in [6.45, 7) is 1.61. The highest BCUT2D eigenvalue weighted by Crippen LogP contribution is 2.16. The molecule has 0 saturated carbocycles. The van der Waals surface area contributed by atoms with E-state index < -0.39 is 16.8 Å². The van der Waals surface area contributed by atoms with Crippen LogP contribution in [0.3, 0.4) is 0 Å². The van der Waals surface area contributed by atoms with Gasteiger partial charge in [-0.15, -0.1) is 0 Å². The number of nitrogens with one attached hydrogen (secondary N) is 1. The molecule has 0 aliphatic rings. The Bertz CT molecular complexity index is 450. The second kappa shape index (κ2) is 7.06. The van der Waals surface area contributed by atoms with Crippen molar-refractivity contribution in [2.24, 2.45) is 5.92 Å². The van der Waals surface area contributed by atoms with E-state index >= 15 is 0 Å². The SMILES string of the molecule is C[C@@H](C[C@H](Cc1ccc([N+](=O)[O-])cc1)NCl)C(=O)O. The van der Waals surface area contributed by atoms with Crippen LogP contribution in [0, 0.1) is 16.0 Å². The smallest absolute Gasteiger partial charge is 0.306 e. The number of hydrogen-bond acceptors (Lipinski definition) is 4. The van der Waals surface area contributed by atoms with Crippen molar-refractivity contribution < 1.29 is 14.8 Å². The van der Waals surface area contributed by atoms with E-state index in [1.165, 1.54) is 12.1 Å². The molecular formula is C12H15ClN2O4.